The molecule has 0 spiro atoms. The lowest BCUT2D eigenvalue weighted by molar-refractivity contribution is 0.0880. The Balaban J connectivity index is 1.45. The van der Waals surface area contributed by atoms with Crippen LogP contribution in [-0.2, 0) is 5.75 Å². The van der Waals surface area contributed by atoms with E-state index >= 15 is 0 Å². The molecule has 1 atom stereocenters. The Morgan fingerprint density at radius 3 is 2.65 bits per heavy atom. The Hall–Kier alpha value is -2.84. The number of ether oxygens (including phenoxy) is 2. The van der Waals surface area contributed by atoms with Crippen molar-refractivity contribution in [3.8, 4) is 17.2 Å². The summed E-state index contributed by atoms with van der Waals surface area (Å²) in [4.78, 5) is 17.0. The number of benzene rings is 2. The molecule has 4 rings (SSSR count). The van der Waals surface area contributed by atoms with E-state index in [1.807, 2.05) is 0 Å². The minimum absolute atomic E-state index is 0.210. The number of aromatic nitrogens is 2. The fourth-order valence-corrected chi connectivity index (χ4v) is 3.93. The average molecular weight is 443 g/mol. The van der Waals surface area contributed by atoms with Gasteiger partial charge >= 0.3 is 0 Å². The van der Waals surface area contributed by atoms with Crippen LogP contribution in [0.1, 0.15) is 18.4 Å². The molecule has 0 saturated heterocycles. The second kappa shape index (κ2) is 9.53. The highest BCUT2D eigenvalue weighted by Gasteiger charge is 2.30. The number of halogens is 1. The van der Waals surface area contributed by atoms with Crippen LogP contribution >= 0.6 is 11.8 Å². The lowest BCUT2D eigenvalue weighted by Gasteiger charge is -2.15. The van der Waals surface area contributed by atoms with Crippen LogP contribution < -0.4 is 15.0 Å². The van der Waals surface area contributed by atoms with E-state index in [1.165, 1.54) is 48.0 Å². The van der Waals surface area contributed by atoms with E-state index < -0.39 is 6.10 Å². The summed E-state index contributed by atoms with van der Waals surface area (Å²) >= 11 is 1.41. The van der Waals surface area contributed by atoms with Crippen molar-refractivity contribution < 1.29 is 19.0 Å². The highest BCUT2D eigenvalue weighted by Crippen LogP contribution is 2.34. The molecular weight excluding hydrogens is 419 g/mol. The van der Waals surface area contributed by atoms with Gasteiger partial charge in [-0.3, -0.25) is 9.36 Å². The van der Waals surface area contributed by atoms with Crippen LogP contribution in [0.25, 0.3) is 5.69 Å². The predicted octanol–water partition coefficient (Wildman–Crippen LogP) is 3.82. The molecule has 2 aromatic carbocycles. The Bertz CT molecular complexity index is 1100. The van der Waals surface area contributed by atoms with Crippen LogP contribution in [0.2, 0.25) is 0 Å². The van der Waals surface area contributed by atoms with Crippen molar-refractivity contribution in [1.29, 1.82) is 0 Å². The lowest BCUT2D eigenvalue weighted by Crippen LogP contribution is -2.20. The Morgan fingerprint density at radius 1 is 1.19 bits per heavy atom. The number of rotatable bonds is 9. The summed E-state index contributed by atoms with van der Waals surface area (Å²) in [7, 11) is 1.53. The van der Waals surface area contributed by atoms with Crippen molar-refractivity contribution >= 4 is 11.8 Å². The summed E-state index contributed by atoms with van der Waals surface area (Å²) < 4.78 is 25.5. The van der Waals surface area contributed by atoms with Crippen molar-refractivity contribution in [1.82, 2.24) is 9.55 Å². The van der Waals surface area contributed by atoms with Gasteiger partial charge in [-0.15, -0.1) is 11.8 Å². The molecule has 1 N–H and O–H groups in total. The molecule has 0 amide bonds. The van der Waals surface area contributed by atoms with Gasteiger partial charge in [0.15, 0.2) is 11.5 Å². The summed E-state index contributed by atoms with van der Waals surface area (Å²) in [6.07, 6.45) is 3.07. The third-order valence-corrected chi connectivity index (χ3v) is 6.08. The van der Waals surface area contributed by atoms with E-state index in [9.17, 15) is 14.3 Å². The molecule has 1 fully saturated rings. The topological polar surface area (TPSA) is 73.6 Å². The van der Waals surface area contributed by atoms with Gasteiger partial charge in [-0.1, -0.05) is 12.1 Å². The minimum Gasteiger partial charge on any atom is -0.493 e. The maximum Gasteiger partial charge on any atom is 0.258 e. The second-order valence-corrected chi connectivity index (χ2v) is 8.40. The molecular formula is C23H23FN2O4S. The normalized spacial score (nSPS) is 14.3. The highest BCUT2D eigenvalue weighted by molar-refractivity contribution is 7.98. The SMILES string of the molecule is COc1cc(-n2cnc(SCc3ccc(F)cc3)cc2=O)ccc1OCC(O)C1CC1. The zero-order valence-corrected chi connectivity index (χ0v) is 17.8. The van der Waals surface area contributed by atoms with Gasteiger partial charge in [-0.05, 0) is 48.6 Å². The molecule has 0 radical (unpaired) electrons. The molecule has 1 aromatic heterocycles. The summed E-state index contributed by atoms with van der Waals surface area (Å²) in [6.45, 7) is 0.210. The summed E-state index contributed by atoms with van der Waals surface area (Å²) in [5.41, 5.74) is 1.32. The molecule has 1 saturated carbocycles. The molecule has 1 unspecified atom stereocenters. The number of aliphatic hydroxyl groups excluding tert-OH is 1. The van der Waals surface area contributed by atoms with Crippen molar-refractivity contribution in [2.45, 2.75) is 29.7 Å². The van der Waals surface area contributed by atoms with Crippen molar-refractivity contribution in [2.24, 2.45) is 5.92 Å². The summed E-state index contributed by atoms with van der Waals surface area (Å²) in [6, 6.07) is 12.9. The molecule has 1 aliphatic carbocycles. The zero-order chi connectivity index (χ0) is 21.8. The second-order valence-electron chi connectivity index (χ2n) is 7.40. The maximum atomic E-state index is 13.0. The maximum absolute atomic E-state index is 13.0. The smallest absolute Gasteiger partial charge is 0.258 e. The third-order valence-electron chi connectivity index (χ3n) is 5.09. The van der Waals surface area contributed by atoms with Crippen LogP contribution in [0.15, 0.2) is 64.7 Å². The Kier molecular flexibility index (Phi) is 6.58. The van der Waals surface area contributed by atoms with Gasteiger partial charge in [0, 0.05) is 17.9 Å². The largest absolute Gasteiger partial charge is 0.493 e. The van der Waals surface area contributed by atoms with Crippen molar-refractivity contribution in [3.05, 3.63) is 76.6 Å². The van der Waals surface area contributed by atoms with Crippen LogP contribution in [0, 0.1) is 11.7 Å². The Labute approximate surface area is 183 Å². The van der Waals surface area contributed by atoms with Gasteiger partial charge in [0.05, 0.1) is 18.9 Å². The van der Waals surface area contributed by atoms with Crippen LogP contribution in [-0.4, -0.2) is 34.5 Å². The molecule has 1 heterocycles. The molecule has 0 aliphatic heterocycles. The molecule has 0 bridgehead atoms. The fraction of sp³-hybridized carbons (Fsp3) is 0.304. The number of methoxy groups -OCH3 is 1. The van der Waals surface area contributed by atoms with E-state index in [1.54, 1.807) is 30.3 Å². The highest BCUT2D eigenvalue weighted by atomic mass is 32.2. The quantitative estimate of drug-likeness (QED) is 0.401. The predicted molar refractivity (Wildman–Crippen MR) is 117 cm³/mol. The van der Waals surface area contributed by atoms with E-state index in [0.29, 0.717) is 33.9 Å². The number of hydrogen-bond acceptors (Lipinski definition) is 6. The first-order valence-corrected chi connectivity index (χ1v) is 11.0. The van der Waals surface area contributed by atoms with Crippen LogP contribution in [0.3, 0.4) is 0 Å². The minimum atomic E-state index is -0.476. The first-order valence-electron chi connectivity index (χ1n) is 9.98. The number of nitrogens with zero attached hydrogens (tertiary/aromatic N) is 2. The average Bonchev–Trinajstić information content (AvgIpc) is 3.63. The number of aliphatic hydroxyl groups is 1. The summed E-state index contributed by atoms with van der Waals surface area (Å²) in [5.74, 6) is 1.62. The van der Waals surface area contributed by atoms with Crippen LogP contribution in [0.5, 0.6) is 11.5 Å². The summed E-state index contributed by atoms with van der Waals surface area (Å²) in [5, 5.41) is 10.6. The van der Waals surface area contributed by atoms with E-state index in [-0.39, 0.29) is 18.0 Å². The van der Waals surface area contributed by atoms with Gasteiger partial charge < -0.3 is 14.6 Å². The molecule has 162 valence electrons. The fourth-order valence-electron chi connectivity index (χ4n) is 3.11. The Morgan fingerprint density at radius 2 is 1.97 bits per heavy atom. The monoisotopic (exact) mass is 442 g/mol. The molecule has 6 nitrogen and oxygen atoms in total. The van der Waals surface area contributed by atoms with Gasteiger partial charge in [0.2, 0.25) is 0 Å². The standard InChI is InChI=1S/C23H23FN2O4S/c1-29-21-10-18(8-9-20(21)30-12-19(27)16-4-5-16)26-14-25-22(11-23(26)28)31-13-15-2-6-17(24)7-3-15/h2-3,6-11,14,16,19,27H,4-5,12-13H2,1H3. The van der Waals surface area contributed by atoms with Gasteiger partial charge in [-0.25, -0.2) is 9.37 Å². The van der Waals surface area contributed by atoms with Gasteiger partial charge in [0.25, 0.3) is 5.56 Å². The van der Waals surface area contributed by atoms with E-state index in [0.717, 1.165) is 18.4 Å². The first-order chi connectivity index (χ1) is 15.0. The van der Waals surface area contributed by atoms with Crippen LogP contribution in [0.4, 0.5) is 4.39 Å². The molecule has 3 aromatic rings. The third kappa shape index (κ3) is 5.45. The molecule has 31 heavy (non-hydrogen) atoms. The van der Waals surface area contributed by atoms with Gasteiger partial charge in [-0.2, -0.15) is 0 Å². The van der Waals surface area contributed by atoms with E-state index in [4.69, 9.17) is 9.47 Å². The number of thioether (sulfide) groups is 1. The van der Waals surface area contributed by atoms with E-state index in [2.05, 4.69) is 4.98 Å². The van der Waals surface area contributed by atoms with Crippen molar-refractivity contribution in [3.63, 3.8) is 0 Å². The number of hydrogen-bond donors (Lipinski definition) is 1. The molecule has 1 aliphatic rings. The van der Waals surface area contributed by atoms with Crippen molar-refractivity contribution in [2.75, 3.05) is 13.7 Å². The first kappa shape index (κ1) is 21.4. The van der Waals surface area contributed by atoms with Gasteiger partial charge in [0.1, 0.15) is 23.8 Å². The molecule has 8 heteroatoms. The zero-order valence-electron chi connectivity index (χ0n) is 17.0. The lowest BCUT2D eigenvalue weighted by atomic mass is 10.2.